The molecular formula is C81H111N9O20. The molecule has 2 N–H and O–H groups in total. The summed E-state index contributed by atoms with van der Waals surface area (Å²) in [5, 5.41) is 5.72. The molecule has 2 unspecified atom stereocenters. The minimum absolute atomic E-state index is 0.0118. The van der Waals surface area contributed by atoms with Gasteiger partial charge in [-0.2, -0.15) is 0 Å². The number of methoxy groups -OCH3 is 2. The summed E-state index contributed by atoms with van der Waals surface area (Å²) in [6.45, 7) is 28.2. The smallest absolute Gasteiger partial charge is 0.415 e. The van der Waals surface area contributed by atoms with Crippen LogP contribution in [0.15, 0.2) is 78.9 Å². The number of ether oxygens (including phenoxy) is 12. The Bertz CT molecular complexity index is 3640. The van der Waals surface area contributed by atoms with E-state index in [1.807, 2.05) is 47.6 Å². The molecule has 600 valence electrons. The van der Waals surface area contributed by atoms with Crippen molar-refractivity contribution in [2.75, 3.05) is 160 Å². The second-order valence-corrected chi connectivity index (χ2v) is 31.0. The topological polar surface area (TPSA) is 294 Å². The summed E-state index contributed by atoms with van der Waals surface area (Å²) >= 11 is 0. The Morgan fingerprint density at radius 1 is 0.527 bits per heavy atom. The molecule has 3 aromatic rings. The molecule has 8 amide bonds. The van der Waals surface area contributed by atoms with E-state index in [0.29, 0.717) is 123 Å². The quantitative estimate of drug-likeness (QED) is 0.0329. The number of nitrogens with one attached hydrogen (secondary N) is 2. The van der Waals surface area contributed by atoms with Gasteiger partial charge in [0.15, 0.2) is 23.0 Å². The van der Waals surface area contributed by atoms with Gasteiger partial charge in [-0.25, -0.2) is 9.59 Å². The van der Waals surface area contributed by atoms with Crippen LogP contribution in [0, 0.1) is 0 Å². The van der Waals surface area contributed by atoms with Gasteiger partial charge in [-0.05, 0) is 147 Å². The monoisotopic (exact) mass is 1530 g/mol. The molecule has 0 aromatic heterocycles. The number of fused-ring (bicyclic) bond motifs is 4. The van der Waals surface area contributed by atoms with Crippen molar-refractivity contribution in [1.29, 1.82) is 0 Å². The molecule has 6 atom stereocenters. The maximum atomic E-state index is 15.0. The van der Waals surface area contributed by atoms with Crippen molar-refractivity contribution in [3.63, 3.8) is 0 Å². The van der Waals surface area contributed by atoms with Crippen LogP contribution in [-0.2, 0) is 70.3 Å². The highest BCUT2D eigenvalue weighted by atomic mass is 16.6. The number of amides is 8. The van der Waals surface area contributed by atoms with Crippen molar-refractivity contribution in [2.45, 2.75) is 173 Å². The van der Waals surface area contributed by atoms with Crippen LogP contribution in [0.5, 0.6) is 23.0 Å². The average Bonchev–Trinajstić information content (AvgIpc) is 1.59. The molecule has 5 fully saturated rings. The van der Waals surface area contributed by atoms with Crippen molar-refractivity contribution in [1.82, 2.24) is 30.2 Å². The third-order valence-corrected chi connectivity index (χ3v) is 20.6. The fourth-order valence-electron chi connectivity index (χ4n) is 15.4. The molecule has 110 heavy (non-hydrogen) atoms. The van der Waals surface area contributed by atoms with Gasteiger partial charge in [0.05, 0.1) is 126 Å². The van der Waals surface area contributed by atoms with Crippen LogP contribution in [0.25, 0.3) is 0 Å². The summed E-state index contributed by atoms with van der Waals surface area (Å²) in [5.41, 5.74) is 3.60. The molecule has 8 aliphatic heterocycles. The van der Waals surface area contributed by atoms with Gasteiger partial charge in [-0.15, -0.1) is 0 Å². The first-order valence-electron chi connectivity index (χ1n) is 38.8. The van der Waals surface area contributed by atoms with E-state index in [-0.39, 0.29) is 110 Å². The Balaban J connectivity index is 0.740. The molecule has 3 aromatic carbocycles. The maximum absolute atomic E-state index is 15.0. The summed E-state index contributed by atoms with van der Waals surface area (Å²) in [4.78, 5) is 120. The minimum atomic E-state index is -0.881. The number of hydrogen-bond acceptors (Lipinski definition) is 22. The lowest BCUT2D eigenvalue weighted by atomic mass is 9.92. The number of imide groups is 1. The minimum Gasteiger partial charge on any atom is -0.493 e. The standard InChI is InChI=1S/C81H111N9O20/c1-53-40-62-74(64-16-11-13-30-105-64)89(78(97)109-80(3,4)5)60-47-68(66(99-9)45-58(60)76(95)87(62)49-53)107-51-55-42-56(52-108-69-48-61-59(46-67(69)100-10)77(96)88-50-54(2)41-63(88)75(65-17-12-14-31-106-65)90(61)79(98)110-81(6,7)8)44-57(43-55)85-28-26-84(27-29-85)24-15-22-82-71(92)21-32-101-34-36-103-38-39-104-37-35-102-33-23-83-70(91)20-25-86-72(93)18-19-73(86)94/h18-19,42-48,62-65,74-75H,1-2,11-17,20-41,49-52H2,3-10H3,(H,82,92)(H,83,91)/t62-,63-,64?,65?,74+,75+/m0/s1. The van der Waals surface area contributed by atoms with Crippen molar-refractivity contribution in [3.8, 4) is 23.0 Å². The predicted molar refractivity (Wildman–Crippen MR) is 408 cm³/mol. The van der Waals surface area contributed by atoms with Gasteiger partial charge < -0.3 is 82.2 Å². The van der Waals surface area contributed by atoms with Gasteiger partial charge in [0.2, 0.25) is 11.8 Å². The van der Waals surface area contributed by atoms with Gasteiger partial charge in [-0.3, -0.25) is 48.4 Å². The molecule has 29 nitrogen and oxygen atoms in total. The molecule has 5 saturated heterocycles. The SMILES string of the molecule is C=C1C[C@H]2[C@H](C3CCCCO3)N(C(=O)OC(C)(C)C)c3cc(OCc4cc(COc5cc6c(cc5OC)C(=O)N5CC(=C)C[C@H]5[C@H](C5CCCCO5)N6C(=O)OC(C)(C)C)cc(N5CCN(CCCNC(=O)CCOCCOCCOCCOCCNC(=O)CCN6C(=O)C=CC6=O)CC5)c4)c(OC)cc3C(=O)N2C1. The molecule has 0 aliphatic carbocycles. The second-order valence-electron chi connectivity index (χ2n) is 31.0. The number of carbonyl (C=O) groups is 8. The van der Waals surface area contributed by atoms with Gasteiger partial charge in [-0.1, -0.05) is 24.3 Å². The molecule has 0 spiro atoms. The highest BCUT2D eigenvalue weighted by molar-refractivity contribution is 6.13. The summed E-state index contributed by atoms with van der Waals surface area (Å²) in [7, 11) is 3.03. The normalized spacial score (nSPS) is 21.6. The maximum Gasteiger partial charge on any atom is 0.415 e. The van der Waals surface area contributed by atoms with Crippen LogP contribution >= 0.6 is 0 Å². The van der Waals surface area contributed by atoms with Gasteiger partial charge in [0, 0.05) is 115 Å². The molecule has 8 aliphatic rings. The molecule has 29 heteroatoms. The summed E-state index contributed by atoms with van der Waals surface area (Å²) in [6.07, 6.45) is 7.21. The number of benzene rings is 3. The van der Waals surface area contributed by atoms with E-state index in [0.717, 1.165) is 84.6 Å². The summed E-state index contributed by atoms with van der Waals surface area (Å²) in [6, 6.07) is 10.8. The lowest BCUT2D eigenvalue weighted by Gasteiger charge is -2.42. The van der Waals surface area contributed by atoms with Crippen LogP contribution in [0.3, 0.4) is 0 Å². The van der Waals surface area contributed by atoms with Crippen LogP contribution in [0.4, 0.5) is 26.7 Å². The van der Waals surface area contributed by atoms with E-state index in [1.54, 1.807) is 43.9 Å². The van der Waals surface area contributed by atoms with Gasteiger partial charge in [0.1, 0.15) is 24.4 Å². The van der Waals surface area contributed by atoms with E-state index < -0.39 is 71.6 Å². The largest absolute Gasteiger partial charge is 0.493 e. The fourth-order valence-corrected chi connectivity index (χ4v) is 15.4. The molecule has 11 rings (SSSR count). The Morgan fingerprint density at radius 3 is 1.44 bits per heavy atom. The van der Waals surface area contributed by atoms with E-state index >= 15 is 0 Å². The van der Waals surface area contributed by atoms with Gasteiger partial charge >= 0.3 is 12.2 Å². The zero-order valence-corrected chi connectivity index (χ0v) is 65.2. The Labute approximate surface area is 644 Å². The first-order chi connectivity index (χ1) is 52.8. The first kappa shape index (κ1) is 82.1. The fraction of sp³-hybridized carbons (Fsp3) is 0.605. The van der Waals surface area contributed by atoms with E-state index in [1.165, 1.54) is 26.4 Å². The highest BCUT2D eigenvalue weighted by Gasteiger charge is 2.53. The zero-order chi connectivity index (χ0) is 78.2. The van der Waals surface area contributed by atoms with Gasteiger partial charge in [0.25, 0.3) is 23.6 Å². The second kappa shape index (κ2) is 37.9. The van der Waals surface area contributed by atoms with Crippen molar-refractivity contribution in [3.05, 3.63) is 101 Å². The number of nitrogens with zero attached hydrogens (tertiary/aromatic N) is 7. The van der Waals surface area contributed by atoms with E-state index in [9.17, 15) is 38.4 Å². The van der Waals surface area contributed by atoms with E-state index in [4.69, 9.17) is 56.8 Å². The zero-order valence-electron chi connectivity index (χ0n) is 65.2. The van der Waals surface area contributed by atoms with Crippen LogP contribution in [0.1, 0.15) is 144 Å². The van der Waals surface area contributed by atoms with Crippen LogP contribution < -0.4 is 44.3 Å². The van der Waals surface area contributed by atoms with Crippen molar-refractivity contribution >= 4 is 64.7 Å². The number of hydrogen-bond donors (Lipinski definition) is 2. The number of carbonyl (C=O) groups excluding carboxylic acids is 8. The number of piperazine rings is 1. The molecule has 0 saturated carbocycles. The average molecular weight is 1530 g/mol. The number of rotatable bonds is 33. The molecule has 0 radical (unpaired) electrons. The third kappa shape index (κ3) is 21.2. The lowest BCUT2D eigenvalue weighted by Crippen LogP contribution is -2.58. The first-order valence-corrected chi connectivity index (χ1v) is 38.8. The summed E-state index contributed by atoms with van der Waals surface area (Å²) < 4.78 is 73.5. The van der Waals surface area contributed by atoms with Crippen LogP contribution in [-0.4, -0.2) is 261 Å². The number of anilines is 3. The lowest BCUT2D eigenvalue weighted by molar-refractivity contribution is -0.137. The van der Waals surface area contributed by atoms with E-state index in [2.05, 4.69) is 45.7 Å². The Hall–Kier alpha value is -8.84. The molecular weight excluding hydrogens is 1420 g/mol. The third-order valence-electron chi connectivity index (χ3n) is 20.6. The highest BCUT2D eigenvalue weighted by Crippen LogP contribution is 2.47. The summed E-state index contributed by atoms with van der Waals surface area (Å²) in [5.74, 6) is -0.614. The van der Waals surface area contributed by atoms with Crippen LogP contribution in [0.2, 0.25) is 0 Å². The van der Waals surface area contributed by atoms with Crippen molar-refractivity contribution in [2.24, 2.45) is 0 Å². The Kier molecular flexibility index (Phi) is 28.3. The Morgan fingerprint density at radius 2 is 0.982 bits per heavy atom. The molecule has 8 heterocycles. The molecule has 0 bridgehead atoms. The predicted octanol–water partition coefficient (Wildman–Crippen LogP) is 8.30. The van der Waals surface area contributed by atoms with Crippen molar-refractivity contribution < 1.29 is 95.2 Å².